The van der Waals surface area contributed by atoms with Gasteiger partial charge in [-0.05, 0) is 50.3 Å². The van der Waals surface area contributed by atoms with Gasteiger partial charge in [-0.2, -0.15) is 0 Å². The van der Waals surface area contributed by atoms with Gasteiger partial charge >= 0.3 is 11.9 Å². The molecule has 2 saturated heterocycles. The number of hydrogen-bond donors (Lipinski definition) is 0. The van der Waals surface area contributed by atoms with Crippen LogP contribution >= 0.6 is 0 Å². The summed E-state index contributed by atoms with van der Waals surface area (Å²) in [7, 11) is 0.299. The van der Waals surface area contributed by atoms with E-state index in [2.05, 4.69) is 24.3 Å². The molecule has 5 atom stereocenters. The van der Waals surface area contributed by atoms with Crippen LogP contribution in [0.25, 0.3) is 10.8 Å². The molecule has 4 fully saturated rings. The minimum atomic E-state index is -0.389. The molecule has 31 heavy (non-hydrogen) atoms. The van der Waals surface area contributed by atoms with Crippen LogP contribution in [0.15, 0.2) is 41.3 Å². The first kappa shape index (κ1) is 19.5. The monoisotopic (exact) mass is 439 g/mol. The number of benzene rings is 2. The van der Waals surface area contributed by atoms with E-state index in [1.54, 1.807) is 0 Å². The Hall–Kier alpha value is -2.21. The van der Waals surface area contributed by atoms with E-state index in [1.807, 2.05) is 12.1 Å². The normalized spacial score (nSPS) is 31.7. The molecule has 0 aromatic heterocycles. The van der Waals surface area contributed by atoms with Crippen LogP contribution in [0.4, 0.5) is 0 Å². The zero-order valence-electron chi connectivity index (χ0n) is 17.5. The lowest BCUT2D eigenvalue weighted by Gasteiger charge is -2.25. The summed E-state index contributed by atoms with van der Waals surface area (Å²) < 4.78 is 17.2. The second-order valence-electron chi connectivity index (χ2n) is 9.22. The summed E-state index contributed by atoms with van der Waals surface area (Å²) in [5, 5.41) is 2.29. The largest absolute Gasteiger partial charge is 0.481 e. The Morgan fingerprint density at radius 2 is 1.84 bits per heavy atom. The molecular formula is C25H27O5S+. The van der Waals surface area contributed by atoms with Crippen molar-refractivity contribution in [2.75, 3.05) is 18.1 Å². The van der Waals surface area contributed by atoms with Crippen molar-refractivity contribution in [3.8, 4) is 5.75 Å². The van der Waals surface area contributed by atoms with Crippen LogP contribution in [0.3, 0.4) is 0 Å². The lowest BCUT2D eigenvalue weighted by molar-refractivity contribution is -0.163. The molecule has 6 heteroatoms. The molecule has 4 aliphatic rings. The van der Waals surface area contributed by atoms with Crippen LogP contribution < -0.4 is 4.74 Å². The molecule has 5 nitrogen and oxygen atoms in total. The van der Waals surface area contributed by atoms with Gasteiger partial charge in [0, 0.05) is 33.5 Å². The average molecular weight is 440 g/mol. The van der Waals surface area contributed by atoms with Gasteiger partial charge in [-0.1, -0.05) is 18.2 Å². The second kappa shape index (κ2) is 7.73. The topological polar surface area (TPSA) is 61.8 Å². The van der Waals surface area contributed by atoms with Gasteiger partial charge in [0.2, 0.25) is 0 Å². The average Bonchev–Trinajstić information content (AvgIpc) is 3.43. The van der Waals surface area contributed by atoms with Crippen LogP contribution in [0.1, 0.15) is 32.1 Å². The molecule has 0 N–H and O–H groups in total. The Morgan fingerprint density at radius 3 is 2.68 bits per heavy atom. The maximum atomic E-state index is 12.6. The summed E-state index contributed by atoms with van der Waals surface area (Å²) >= 11 is 0. The molecule has 162 valence electrons. The van der Waals surface area contributed by atoms with E-state index in [0.29, 0.717) is 10.9 Å². The molecule has 5 unspecified atom stereocenters. The highest BCUT2D eigenvalue weighted by atomic mass is 32.2. The standard InChI is InChI=1S/C25H27O5S/c26-22(29-23-15-12-18-19(13-15)25(27)30-24(18)23)14-28-20-8-9-21(31-10-4-1-5-11-31)17-7-3-2-6-16(17)20/h2-3,6-9,15,18-19,23-24H,1,4-5,10-14H2/q+1. The molecule has 2 bridgehead atoms. The number of ether oxygens (including phenoxy) is 3. The summed E-state index contributed by atoms with van der Waals surface area (Å²) in [5.41, 5.74) is 0. The first-order chi connectivity index (χ1) is 15.2. The molecule has 2 aliphatic carbocycles. The van der Waals surface area contributed by atoms with Crippen LogP contribution in [0.2, 0.25) is 0 Å². The van der Waals surface area contributed by atoms with Gasteiger partial charge in [0.1, 0.15) is 29.5 Å². The molecule has 0 radical (unpaired) electrons. The Bertz CT molecular complexity index is 1030. The molecule has 2 aromatic rings. The zero-order chi connectivity index (χ0) is 20.9. The highest BCUT2D eigenvalue weighted by Crippen LogP contribution is 2.55. The van der Waals surface area contributed by atoms with Gasteiger partial charge in [-0.25, -0.2) is 4.79 Å². The fourth-order valence-electron chi connectivity index (χ4n) is 6.06. The zero-order valence-corrected chi connectivity index (χ0v) is 18.3. The van der Waals surface area contributed by atoms with E-state index in [1.165, 1.54) is 41.0 Å². The third kappa shape index (κ3) is 3.30. The Kier molecular flexibility index (Phi) is 4.86. The van der Waals surface area contributed by atoms with Gasteiger partial charge in [0.25, 0.3) is 0 Å². The van der Waals surface area contributed by atoms with Crippen LogP contribution in [-0.2, 0) is 30.0 Å². The fourth-order valence-corrected chi connectivity index (χ4v) is 8.56. The predicted molar refractivity (Wildman–Crippen MR) is 118 cm³/mol. The molecular weight excluding hydrogens is 412 g/mol. The smallest absolute Gasteiger partial charge is 0.344 e. The maximum Gasteiger partial charge on any atom is 0.344 e. The number of hydrogen-bond acceptors (Lipinski definition) is 5. The molecule has 2 aromatic carbocycles. The van der Waals surface area contributed by atoms with E-state index in [4.69, 9.17) is 14.2 Å². The van der Waals surface area contributed by atoms with Gasteiger partial charge < -0.3 is 14.2 Å². The molecule has 2 heterocycles. The summed E-state index contributed by atoms with van der Waals surface area (Å²) in [6, 6.07) is 12.5. The van der Waals surface area contributed by atoms with Crippen LogP contribution in [0, 0.1) is 17.8 Å². The Labute approximate surface area is 184 Å². The summed E-state index contributed by atoms with van der Waals surface area (Å²) in [6.45, 7) is -0.132. The van der Waals surface area contributed by atoms with E-state index in [0.717, 1.165) is 24.0 Å². The van der Waals surface area contributed by atoms with Crippen molar-refractivity contribution >= 4 is 33.6 Å². The van der Waals surface area contributed by atoms with Crippen molar-refractivity contribution < 1.29 is 23.8 Å². The number of carbonyl (C=O) groups excluding carboxylic acids is 2. The molecule has 0 spiro atoms. The number of rotatable bonds is 5. The summed E-state index contributed by atoms with van der Waals surface area (Å²) in [6.07, 6.45) is 5.10. The predicted octanol–water partition coefficient (Wildman–Crippen LogP) is 3.87. The number of fused-ring (bicyclic) bond motifs is 2. The van der Waals surface area contributed by atoms with Crippen molar-refractivity contribution in [2.24, 2.45) is 17.8 Å². The summed E-state index contributed by atoms with van der Waals surface area (Å²) in [4.78, 5) is 25.9. The third-order valence-corrected chi connectivity index (χ3v) is 10.0. The molecule has 2 aliphatic heterocycles. The quantitative estimate of drug-likeness (QED) is 0.523. The first-order valence-electron chi connectivity index (χ1n) is 11.4. The minimum absolute atomic E-state index is 0.0240. The van der Waals surface area contributed by atoms with E-state index >= 15 is 0 Å². The van der Waals surface area contributed by atoms with E-state index in [-0.39, 0.29) is 48.5 Å². The van der Waals surface area contributed by atoms with Crippen molar-refractivity contribution in [1.82, 2.24) is 0 Å². The molecule has 2 saturated carbocycles. The van der Waals surface area contributed by atoms with Crippen molar-refractivity contribution in [1.29, 1.82) is 0 Å². The van der Waals surface area contributed by atoms with Gasteiger partial charge in [0.15, 0.2) is 11.5 Å². The lowest BCUT2D eigenvalue weighted by atomic mass is 9.88. The molecule has 0 amide bonds. The SMILES string of the molecule is O=C(COc1ccc([S+]2CCCCC2)c2ccccc12)OC1C2CC3C(=O)OC1C3C2. The maximum absolute atomic E-state index is 12.6. The van der Waals surface area contributed by atoms with Crippen LogP contribution in [0.5, 0.6) is 5.75 Å². The molecule has 6 rings (SSSR count). The Morgan fingerprint density at radius 1 is 1.03 bits per heavy atom. The van der Waals surface area contributed by atoms with Crippen LogP contribution in [-0.4, -0.2) is 42.3 Å². The number of carbonyl (C=O) groups is 2. The van der Waals surface area contributed by atoms with Gasteiger partial charge in [0.05, 0.1) is 5.92 Å². The van der Waals surface area contributed by atoms with Gasteiger partial charge in [-0.3, -0.25) is 4.79 Å². The van der Waals surface area contributed by atoms with Gasteiger partial charge in [-0.15, -0.1) is 0 Å². The van der Waals surface area contributed by atoms with E-state index < -0.39 is 0 Å². The number of esters is 2. The summed E-state index contributed by atoms with van der Waals surface area (Å²) in [5.74, 6) is 3.25. The Balaban J connectivity index is 1.15. The lowest BCUT2D eigenvalue weighted by Crippen LogP contribution is -2.37. The first-order valence-corrected chi connectivity index (χ1v) is 13.0. The minimum Gasteiger partial charge on any atom is -0.481 e. The highest BCUT2D eigenvalue weighted by molar-refractivity contribution is 7.97. The second-order valence-corrected chi connectivity index (χ2v) is 11.5. The van der Waals surface area contributed by atoms with Crippen molar-refractivity contribution in [3.05, 3.63) is 36.4 Å². The van der Waals surface area contributed by atoms with Crippen molar-refractivity contribution in [2.45, 2.75) is 49.2 Å². The fraction of sp³-hybridized carbons (Fsp3) is 0.520. The third-order valence-electron chi connectivity index (χ3n) is 7.46. The van der Waals surface area contributed by atoms with E-state index in [9.17, 15) is 9.59 Å². The highest BCUT2D eigenvalue weighted by Gasteiger charge is 2.63. The van der Waals surface area contributed by atoms with Crippen molar-refractivity contribution in [3.63, 3.8) is 0 Å².